The van der Waals surface area contributed by atoms with Crippen molar-refractivity contribution in [3.05, 3.63) is 101 Å². The Bertz CT molecular complexity index is 1400. The summed E-state index contributed by atoms with van der Waals surface area (Å²) in [6, 6.07) is 21.0. The number of ether oxygens (including phenoxy) is 1. The topological polar surface area (TPSA) is 107 Å². The molecule has 0 aliphatic rings. The molecule has 0 aliphatic carbocycles. The van der Waals surface area contributed by atoms with E-state index in [1.165, 1.54) is 17.7 Å². The molecule has 1 aromatic heterocycles. The van der Waals surface area contributed by atoms with E-state index in [4.69, 9.17) is 14.1 Å². The molecule has 0 spiro atoms. The molecule has 0 bridgehead atoms. The van der Waals surface area contributed by atoms with Gasteiger partial charge in [-0.2, -0.15) is 4.98 Å². The number of oxime groups is 1. The van der Waals surface area contributed by atoms with Crippen molar-refractivity contribution >= 4 is 11.7 Å². The molecule has 3 aromatic carbocycles. The highest BCUT2D eigenvalue weighted by molar-refractivity contribution is 6.00. The monoisotopic (exact) mass is 531 g/mol. The van der Waals surface area contributed by atoms with Gasteiger partial charge in [-0.1, -0.05) is 72.7 Å². The lowest BCUT2D eigenvalue weighted by molar-refractivity contribution is -0.139. The van der Waals surface area contributed by atoms with Crippen LogP contribution in [0.5, 0.6) is 5.75 Å². The first-order chi connectivity index (χ1) is 18.8. The van der Waals surface area contributed by atoms with Gasteiger partial charge in [0.05, 0.1) is 5.71 Å². The fourth-order valence-corrected chi connectivity index (χ4v) is 3.82. The highest BCUT2D eigenvalue weighted by Crippen LogP contribution is 2.22. The van der Waals surface area contributed by atoms with Crippen LogP contribution < -0.4 is 4.74 Å². The first kappa shape index (κ1) is 27.5. The van der Waals surface area contributed by atoms with Crippen LogP contribution in [0.25, 0.3) is 11.4 Å². The SMILES string of the molecule is C/C(=N\OCc1ccc(F)cc1)C(Cc1ccc(OCc2nc(-c3ccc(C(C)C)cc3)no2)cc1)C(=O)O. The van der Waals surface area contributed by atoms with Gasteiger partial charge in [-0.3, -0.25) is 4.79 Å². The molecule has 0 amide bonds. The molecule has 1 heterocycles. The quantitative estimate of drug-likeness (QED) is 0.166. The van der Waals surface area contributed by atoms with E-state index >= 15 is 0 Å². The van der Waals surface area contributed by atoms with E-state index in [1.54, 1.807) is 43.3 Å². The smallest absolute Gasteiger partial charge is 0.312 e. The molecule has 1 atom stereocenters. The van der Waals surface area contributed by atoms with Crippen LogP contribution in [-0.2, 0) is 29.3 Å². The van der Waals surface area contributed by atoms with Crippen molar-refractivity contribution in [2.75, 3.05) is 0 Å². The lowest BCUT2D eigenvalue weighted by Gasteiger charge is -2.13. The predicted molar refractivity (Wildman–Crippen MR) is 144 cm³/mol. The molecule has 0 radical (unpaired) electrons. The van der Waals surface area contributed by atoms with E-state index in [0.717, 1.165) is 16.7 Å². The van der Waals surface area contributed by atoms with Crippen molar-refractivity contribution in [2.24, 2.45) is 11.1 Å². The number of aromatic nitrogens is 2. The second-order valence-corrected chi connectivity index (χ2v) is 9.45. The van der Waals surface area contributed by atoms with Gasteiger partial charge >= 0.3 is 5.97 Å². The molecule has 0 aliphatic heterocycles. The van der Waals surface area contributed by atoms with Gasteiger partial charge in [0.2, 0.25) is 5.82 Å². The average Bonchev–Trinajstić information content (AvgIpc) is 3.41. The number of carboxylic acid groups (broad SMARTS) is 1. The summed E-state index contributed by atoms with van der Waals surface area (Å²) in [5.41, 5.74) is 3.96. The number of halogens is 1. The van der Waals surface area contributed by atoms with Crippen LogP contribution in [0.1, 0.15) is 49.3 Å². The summed E-state index contributed by atoms with van der Waals surface area (Å²) < 4.78 is 24.1. The normalized spacial score (nSPS) is 12.4. The van der Waals surface area contributed by atoms with Crippen molar-refractivity contribution < 1.29 is 28.4 Å². The Kier molecular flexibility index (Phi) is 9.04. The van der Waals surface area contributed by atoms with E-state index in [1.807, 2.05) is 12.1 Å². The summed E-state index contributed by atoms with van der Waals surface area (Å²) in [7, 11) is 0. The van der Waals surface area contributed by atoms with Crippen LogP contribution in [0.3, 0.4) is 0 Å². The van der Waals surface area contributed by atoms with Crippen molar-refractivity contribution in [3.63, 3.8) is 0 Å². The third-order valence-electron chi connectivity index (χ3n) is 6.18. The molecule has 0 saturated heterocycles. The molecule has 202 valence electrons. The molecular weight excluding hydrogens is 501 g/mol. The van der Waals surface area contributed by atoms with E-state index in [0.29, 0.717) is 29.1 Å². The number of carbonyl (C=O) groups is 1. The minimum atomic E-state index is -1.01. The van der Waals surface area contributed by atoms with Gasteiger partial charge in [0.1, 0.15) is 24.1 Å². The Morgan fingerprint density at radius 2 is 1.64 bits per heavy atom. The summed E-state index contributed by atoms with van der Waals surface area (Å²) in [6.07, 6.45) is 0.230. The van der Waals surface area contributed by atoms with Gasteiger partial charge in [0.25, 0.3) is 5.89 Å². The molecule has 0 fully saturated rings. The van der Waals surface area contributed by atoms with Crippen LogP contribution in [0, 0.1) is 11.7 Å². The number of nitrogens with zero attached hydrogens (tertiary/aromatic N) is 3. The van der Waals surface area contributed by atoms with Gasteiger partial charge in [0, 0.05) is 5.56 Å². The first-order valence-electron chi connectivity index (χ1n) is 12.6. The molecule has 39 heavy (non-hydrogen) atoms. The van der Waals surface area contributed by atoms with Gasteiger partial charge in [-0.25, -0.2) is 4.39 Å². The minimum Gasteiger partial charge on any atom is -0.484 e. The Morgan fingerprint density at radius 1 is 0.974 bits per heavy atom. The summed E-state index contributed by atoms with van der Waals surface area (Å²) in [5.74, 6) is -0.338. The number of aliphatic carboxylic acids is 1. The molecule has 4 aromatic rings. The van der Waals surface area contributed by atoms with E-state index < -0.39 is 11.9 Å². The number of hydrogen-bond acceptors (Lipinski definition) is 7. The van der Waals surface area contributed by atoms with Crippen LogP contribution in [0.15, 0.2) is 82.5 Å². The lowest BCUT2D eigenvalue weighted by atomic mass is 9.95. The van der Waals surface area contributed by atoms with E-state index in [2.05, 4.69) is 41.3 Å². The standard InChI is InChI=1S/C30H30FN3O5/c1-19(2)23-8-10-24(11-9-23)29-32-28(39-34-29)18-37-26-14-6-21(7-15-26)16-27(30(35)36)20(3)33-38-17-22-4-12-25(31)13-5-22/h4-15,19,27H,16-18H2,1-3H3,(H,35,36)/b33-20+. The molecule has 0 saturated carbocycles. The maximum atomic E-state index is 13.0. The summed E-state index contributed by atoms with van der Waals surface area (Å²) in [6.45, 7) is 6.10. The molecule has 1 unspecified atom stereocenters. The van der Waals surface area contributed by atoms with Crippen LogP contribution in [-0.4, -0.2) is 26.9 Å². The second kappa shape index (κ2) is 12.8. The summed E-state index contributed by atoms with van der Waals surface area (Å²) in [4.78, 5) is 21.6. The fourth-order valence-electron chi connectivity index (χ4n) is 3.82. The Labute approximate surface area is 226 Å². The zero-order valence-corrected chi connectivity index (χ0v) is 22.0. The predicted octanol–water partition coefficient (Wildman–Crippen LogP) is 6.41. The van der Waals surface area contributed by atoms with Gasteiger partial charge in [-0.05, 0) is 60.2 Å². The zero-order chi connectivity index (χ0) is 27.8. The molecule has 9 heteroatoms. The maximum Gasteiger partial charge on any atom is 0.312 e. The number of benzene rings is 3. The molecule has 8 nitrogen and oxygen atoms in total. The lowest BCUT2D eigenvalue weighted by Crippen LogP contribution is -2.24. The Hall–Kier alpha value is -4.53. The Balaban J connectivity index is 1.30. The van der Waals surface area contributed by atoms with Crippen LogP contribution >= 0.6 is 0 Å². The van der Waals surface area contributed by atoms with Crippen LogP contribution in [0.2, 0.25) is 0 Å². The highest BCUT2D eigenvalue weighted by Gasteiger charge is 2.22. The maximum absolute atomic E-state index is 13.0. The largest absolute Gasteiger partial charge is 0.484 e. The second-order valence-electron chi connectivity index (χ2n) is 9.45. The number of rotatable bonds is 12. The van der Waals surface area contributed by atoms with Crippen molar-refractivity contribution in [1.29, 1.82) is 0 Å². The van der Waals surface area contributed by atoms with Crippen LogP contribution in [0.4, 0.5) is 4.39 Å². The Morgan fingerprint density at radius 3 is 2.28 bits per heavy atom. The third-order valence-corrected chi connectivity index (χ3v) is 6.18. The van der Waals surface area contributed by atoms with Crippen molar-refractivity contribution in [1.82, 2.24) is 10.1 Å². The average molecular weight is 532 g/mol. The third kappa shape index (κ3) is 7.73. The fraction of sp³-hybridized carbons (Fsp3) is 0.267. The van der Waals surface area contributed by atoms with E-state index in [-0.39, 0.29) is 25.5 Å². The van der Waals surface area contributed by atoms with Gasteiger partial charge in [-0.15, -0.1) is 0 Å². The van der Waals surface area contributed by atoms with Crippen molar-refractivity contribution in [3.8, 4) is 17.1 Å². The number of hydrogen-bond donors (Lipinski definition) is 1. The summed E-state index contributed by atoms with van der Waals surface area (Å²) in [5, 5.41) is 17.7. The first-order valence-corrected chi connectivity index (χ1v) is 12.6. The van der Waals surface area contributed by atoms with Gasteiger partial charge < -0.3 is 19.2 Å². The van der Waals surface area contributed by atoms with Crippen molar-refractivity contribution in [2.45, 2.75) is 46.3 Å². The zero-order valence-electron chi connectivity index (χ0n) is 22.0. The number of carboxylic acids is 1. The highest BCUT2D eigenvalue weighted by atomic mass is 19.1. The molecular formula is C30H30FN3O5. The summed E-state index contributed by atoms with van der Waals surface area (Å²) >= 11 is 0. The van der Waals surface area contributed by atoms with Gasteiger partial charge in [0.15, 0.2) is 6.61 Å². The van der Waals surface area contributed by atoms with E-state index in [9.17, 15) is 14.3 Å². The minimum absolute atomic E-state index is 0.103. The molecule has 1 N–H and O–H groups in total. The molecule has 4 rings (SSSR count).